The Morgan fingerprint density at radius 2 is 1.92 bits per heavy atom. The Balaban J connectivity index is 1.99. The number of hydrogen-bond donors (Lipinski definition) is 3. The molecule has 202 valence electrons. The maximum absolute atomic E-state index is 14.0. The van der Waals surface area contributed by atoms with Gasteiger partial charge in [0.15, 0.2) is 0 Å². The lowest BCUT2D eigenvalue weighted by Gasteiger charge is -2.40. The van der Waals surface area contributed by atoms with Gasteiger partial charge in [-0.15, -0.1) is 0 Å². The Morgan fingerprint density at radius 1 is 1.24 bits per heavy atom. The molecule has 4 atom stereocenters. The van der Waals surface area contributed by atoms with Crippen LogP contribution in [0, 0.1) is 0 Å². The molecular formula is C25H32Br2N4O6. The summed E-state index contributed by atoms with van der Waals surface area (Å²) in [7, 11) is 0. The van der Waals surface area contributed by atoms with Crippen LogP contribution in [0.5, 0.6) is 0 Å². The highest BCUT2D eigenvalue weighted by Gasteiger charge is 2.53. The lowest BCUT2D eigenvalue weighted by atomic mass is 9.86. The summed E-state index contributed by atoms with van der Waals surface area (Å²) in [6, 6.07) is 3.47. The van der Waals surface area contributed by atoms with E-state index in [0.717, 1.165) is 14.5 Å². The van der Waals surface area contributed by atoms with Gasteiger partial charge >= 0.3 is 6.09 Å². The zero-order valence-corrected chi connectivity index (χ0v) is 23.8. The van der Waals surface area contributed by atoms with E-state index in [2.05, 4.69) is 43.8 Å². The highest BCUT2D eigenvalue weighted by Crippen LogP contribution is 2.37. The lowest BCUT2D eigenvalue weighted by Crippen LogP contribution is -2.65. The number of aliphatic hydroxyl groups excluding tert-OH is 1. The van der Waals surface area contributed by atoms with Gasteiger partial charge < -0.3 is 25.8 Å². The maximum atomic E-state index is 14.0. The van der Waals surface area contributed by atoms with Crippen LogP contribution in [-0.2, 0) is 25.5 Å². The molecule has 1 aromatic rings. The van der Waals surface area contributed by atoms with E-state index < -0.39 is 41.6 Å². The first-order valence-corrected chi connectivity index (χ1v) is 13.7. The summed E-state index contributed by atoms with van der Waals surface area (Å²) < 4.78 is 6.75. The van der Waals surface area contributed by atoms with Gasteiger partial charge in [0, 0.05) is 28.5 Å². The minimum Gasteiger partial charge on any atom is -0.445 e. The van der Waals surface area contributed by atoms with Crippen molar-refractivity contribution in [2.45, 2.75) is 62.8 Å². The average Bonchev–Trinajstić information content (AvgIpc) is 3.47. The van der Waals surface area contributed by atoms with Crippen LogP contribution in [0.25, 0.3) is 0 Å². The number of nitrogens with two attached hydrogens (primary N) is 1. The zero-order chi connectivity index (χ0) is 27.3. The van der Waals surface area contributed by atoms with E-state index in [1.54, 1.807) is 0 Å². The highest BCUT2D eigenvalue weighted by atomic mass is 79.9. The van der Waals surface area contributed by atoms with Crippen LogP contribution in [0.15, 0.2) is 39.8 Å². The first-order chi connectivity index (χ1) is 17.5. The predicted molar refractivity (Wildman–Crippen MR) is 143 cm³/mol. The lowest BCUT2D eigenvalue weighted by molar-refractivity contribution is -0.149. The number of aliphatic hydroxyl groups is 1. The quantitative estimate of drug-likeness (QED) is 0.353. The van der Waals surface area contributed by atoms with E-state index in [-0.39, 0.29) is 18.9 Å². The maximum Gasteiger partial charge on any atom is 0.410 e. The van der Waals surface area contributed by atoms with E-state index in [1.165, 1.54) is 22.8 Å². The molecule has 2 heterocycles. The molecule has 2 saturated heterocycles. The first kappa shape index (κ1) is 29.1. The van der Waals surface area contributed by atoms with E-state index in [0.29, 0.717) is 38.8 Å². The molecule has 2 aliphatic heterocycles. The first-order valence-electron chi connectivity index (χ1n) is 12.1. The van der Waals surface area contributed by atoms with Crippen LogP contribution in [0.3, 0.4) is 0 Å². The van der Waals surface area contributed by atoms with E-state index in [9.17, 15) is 24.3 Å². The Morgan fingerprint density at radius 3 is 2.51 bits per heavy atom. The van der Waals surface area contributed by atoms with Gasteiger partial charge in [-0.25, -0.2) is 4.79 Å². The standard InChI is InChI=1S/C25H32Br2N4O6/c1-3-10-37-24(36)30-8-4-6-19(30)22(34)31-9-5-7-25(31,14-16-11-17(26)13-18(27)12-16)23(35)29-20(15(2)32)21(28)33/h3,11-13,15,19-20,32H,1,4-10,14H2,2H3,(H2,28,33)(H,29,35)/t15-,19+,20?,25-/m1/s1. The fourth-order valence-electron chi connectivity index (χ4n) is 5.09. The van der Waals surface area contributed by atoms with E-state index >= 15 is 0 Å². The highest BCUT2D eigenvalue weighted by molar-refractivity contribution is 9.11. The van der Waals surface area contributed by atoms with Crippen LogP contribution >= 0.6 is 31.9 Å². The molecule has 0 aliphatic carbocycles. The number of primary amides is 1. The van der Waals surface area contributed by atoms with Crippen LogP contribution < -0.4 is 11.1 Å². The number of nitrogens with zero attached hydrogens (tertiary/aromatic N) is 2. The Labute approximate surface area is 232 Å². The molecule has 0 radical (unpaired) electrons. The van der Waals surface area contributed by atoms with Crippen molar-refractivity contribution in [3.05, 3.63) is 45.4 Å². The summed E-state index contributed by atoms with van der Waals surface area (Å²) in [5.41, 5.74) is 4.85. The molecule has 2 aliphatic rings. The van der Waals surface area contributed by atoms with Gasteiger partial charge in [0.05, 0.1) is 6.10 Å². The molecule has 0 spiro atoms. The molecule has 4 amide bonds. The number of carbonyl (C=O) groups excluding carboxylic acids is 4. The molecule has 12 heteroatoms. The van der Waals surface area contributed by atoms with Crippen molar-refractivity contribution >= 4 is 55.7 Å². The van der Waals surface area contributed by atoms with Crippen LogP contribution in [-0.4, -0.2) is 82.1 Å². The van der Waals surface area contributed by atoms with Crippen molar-refractivity contribution in [2.24, 2.45) is 5.73 Å². The summed E-state index contributed by atoms with van der Waals surface area (Å²) in [6.07, 6.45) is 1.70. The molecule has 4 N–H and O–H groups in total. The third-order valence-electron chi connectivity index (χ3n) is 6.77. The van der Waals surface area contributed by atoms with Gasteiger partial charge in [-0.2, -0.15) is 0 Å². The zero-order valence-electron chi connectivity index (χ0n) is 20.6. The Hall–Kier alpha value is -2.44. The SMILES string of the molecule is C=CCOC(=O)N1CCC[C@H]1C(=O)N1CCC[C@@]1(Cc1cc(Br)cc(Br)c1)C(=O)NC(C(N)=O)[C@@H](C)O. The smallest absolute Gasteiger partial charge is 0.410 e. The van der Waals surface area contributed by atoms with Gasteiger partial charge in [0.2, 0.25) is 17.7 Å². The van der Waals surface area contributed by atoms with Gasteiger partial charge in [-0.1, -0.05) is 44.5 Å². The molecule has 0 bridgehead atoms. The molecule has 10 nitrogen and oxygen atoms in total. The van der Waals surface area contributed by atoms with E-state index in [4.69, 9.17) is 10.5 Å². The predicted octanol–water partition coefficient (Wildman–Crippen LogP) is 2.25. The monoisotopic (exact) mass is 642 g/mol. The van der Waals surface area contributed by atoms with Crippen LogP contribution in [0.2, 0.25) is 0 Å². The second-order valence-corrected chi connectivity index (χ2v) is 11.2. The minimum atomic E-state index is -1.36. The van der Waals surface area contributed by atoms with Crippen molar-refractivity contribution in [3.8, 4) is 0 Å². The number of carbonyl (C=O) groups is 4. The number of amides is 4. The summed E-state index contributed by atoms with van der Waals surface area (Å²) in [6.45, 7) is 5.59. The van der Waals surface area contributed by atoms with Crippen molar-refractivity contribution in [1.82, 2.24) is 15.1 Å². The molecule has 1 unspecified atom stereocenters. The second kappa shape index (κ2) is 12.4. The van der Waals surface area contributed by atoms with Gasteiger partial charge in [0.25, 0.3) is 0 Å². The largest absolute Gasteiger partial charge is 0.445 e. The summed E-state index contributed by atoms with van der Waals surface area (Å²) in [5, 5.41) is 12.6. The summed E-state index contributed by atoms with van der Waals surface area (Å²) in [5.74, 6) is -1.83. The number of rotatable bonds is 9. The number of likely N-dealkylation sites (tertiary alicyclic amines) is 2. The number of nitrogens with one attached hydrogen (secondary N) is 1. The number of ether oxygens (including phenoxy) is 1. The fourth-order valence-corrected chi connectivity index (χ4v) is 6.48. The van der Waals surface area contributed by atoms with Gasteiger partial charge in [-0.05, 0) is 56.4 Å². The molecule has 2 fully saturated rings. The normalized spacial score (nSPS) is 22.9. The van der Waals surface area contributed by atoms with Gasteiger partial charge in [0.1, 0.15) is 24.2 Å². The average molecular weight is 644 g/mol. The molecular weight excluding hydrogens is 612 g/mol. The van der Waals surface area contributed by atoms with Crippen molar-refractivity contribution in [1.29, 1.82) is 0 Å². The molecule has 0 aromatic heterocycles. The Kier molecular flexibility index (Phi) is 9.76. The third kappa shape index (κ3) is 6.53. The number of hydrogen-bond acceptors (Lipinski definition) is 6. The molecule has 1 aromatic carbocycles. The summed E-state index contributed by atoms with van der Waals surface area (Å²) >= 11 is 6.93. The minimum absolute atomic E-state index is 0.0257. The molecule has 0 saturated carbocycles. The Bertz CT molecular complexity index is 1050. The van der Waals surface area contributed by atoms with Crippen molar-refractivity contribution in [2.75, 3.05) is 19.7 Å². The van der Waals surface area contributed by atoms with Crippen molar-refractivity contribution < 1.29 is 29.0 Å². The van der Waals surface area contributed by atoms with Crippen molar-refractivity contribution in [3.63, 3.8) is 0 Å². The third-order valence-corrected chi connectivity index (χ3v) is 7.68. The fraction of sp³-hybridized carbons (Fsp3) is 0.520. The van der Waals surface area contributed by atoms with Crippen LogP contribution in [0.1, 0.15) is 38.2 Å². The topological polar surface area (TPSA) is 142 Å². The second-order valence-electron chi connectivity index (χ2n) is 9.39. The number of halogens is 2. The van der Waals surface area contributed by atoms with E-state index in [1.807, 2.05) is 18.2 Å². The molecule has 3 rings (SSSR count). The summed E-state index contributed by atoms with van der Waals surface area (Å²) in [4.78, 5) is 55.3. The molecule has 37 heavy (non-hydrogen) atoms. The van der Waals surface area contributed by atoms with Gasteiger partial charge in [-0.3, -0.25) is 19.3 Å². The van der Waals surface area contributed by atoms with Crippen LogP contribution in [0.4, 0.5) is 4.79 Å². The number of benzene rings is 1.